The molecule has 0 fully saturated rings. The number of hydrogen-bond acceptors (Lipinski definition) is 8. The number of benzene rings is 4. The number of carbonyl (C=O) groups excluding carboxylic acids is 4. The summed E-state index contributed by atoms with van der Waals surface area (Å²) in [4.78, 5) is 40.0. The van der Waals surface area contributed by atoms with Gasteiger partial charge in [-0.05, 0) is 0 Å². The van der Waals surface area contributed by atoms with E-state index in [1.165, 1.54) is 0 Å². The molecule has 58 heavy (non-hydrogen) atoms. The smallest absolute Gasteiger partial charge is 0.545 e. The zero-order valence-electron chi connectivity index (χ0n) is 25.5. The molecule has 0 N–H and O–H groups in total. The molecule has 0 unspecified atom stereocenters. The zero-order valence-corrected chi connectivity index (χ0v) is 28.8. The minimum Gasteiger partial charge on any atom is -0.545 e. The Morgan fingerprint density at radius 1 is 0.207 bits per heavy atom. The summed E-state index contributed by atoms with van der Waals surface area (Å²) in [7, 11) is 0. The van der Waals surface area contributed by atoms with Crippen LogP contribution in [-0.2, 0) is 39.0 Å². The van der Waals surface area contributed by atoms with Gasteiger partial charge in [-0.3, -0.25) is 0 Å². The van der Waals surface area contributed by atoms with Crippen LogP contribution in [-0.4, -0.2) is 23.9 Å². The van der Waals surface area contributed by atoms with E-state index in [0.717, 1.165) is 0 Å². The first-order valence-electron chi connectivity index (χ1n) is 12.4. The van der Waals surface area contributed by atoms with Gasteiger partial charge in [0.1, 0.15) is 0 Å². The van der Waals surface area contributed by atoms with Crippen LogP contribution in [0.3, 0.4) is 0 Å². The minimum absolute atomic E-state index is 0. The third-order valence-electron chi connectivity index (χ3n) is 5.66. The van der Waals surface area contributed by atoms with Crippen LogP contribution in [0.2, 0.25) is 0 Å². The molecule has 4 rings (SSSR count). The second kappa shape index (κ2) is 21.4. The van der Waals surface area contributed by atoms with Crippen LogP contribution in [0.15, 0.2) is 0 Å². The average molecular weight is 1050 g/mol. The molecule has 0 atom stereocenters. The van der Waals surface area contributed by atoms with Gasteiger partial charge >= 0.3 is 39.0 Å². The van der Waals surface area contributed by atoms with Gasteiger partial charge in [0.25, 0.3) is 0 Å². The van der Waals surface area contributed by atoms with Crippen molar-refractivity contribution in [3.63, 3.8) is 0 Å². The largest absolute Gasteiger partial charge is 2.00 e. The predicted octanol–water partition coefficient (Wildman–Crippen LogP) is 2.98. The van der Waals surface area contributed by atoms with Gasteiger partial charge in [-0.2, -0.15) is 0 Å². The van der Waals surface area contributed by atoms with E-state index >= 15 is 0 Å². The molecule has 0 heterocycles. The van der Waals surface area contributed by atoms with Crippen LogP contribution >= 0.6 is 0 Å². The van der Waals surface area contributed by atoms with Crippen molar-refractivity contribution in [3.8, 4) is 0 Å². The monoisotopic (exact) mass is 1050 g/mol. The van der Waals surface area contributed by atoms with Crippen molar-refractivity contribution in [2.75, 3.05) is 0 Å². The summed E-state index contributed by atoms with van der Waals surface area (Å²) in [6.45, 7) is 0. The van der Waals surface area contributed by atoms with Crippen LogP contribution in [0, 0.1) is 116 Å². The fourth-order valence-corrected chi connectivity index (χ4v) is 3.14. The van der Waals surface area contributed by atoms with Crippen LogP contribution in [0.4, 0.5) is 87.8 Å². The minimum atomic E-state index is -2.47. The van der Waals surface area contributed by atoms with Gasteiger partial charge in [0, 0.05) is 0 Å². The van der Waals surface area contributed by atoms with Crippen molar-refractivity contribution >= 4 is 23.9 Å². The van der Waals surface area contributed by atoms with Gasteiger partial charge in [-0.1, -0.05) is 0 Å². The van der Waals surface area contributed by atoms with Crippen molar-refractivity contribution in [1.29, 1.82) is 0 Å². The molecule has 8 nitrogen and oxygen atoms in total. The third-order valence-corrected chi connectivity index (χ3v) is 5.66. The molecule has 0 amide bonds. The standard InChI is InChI=1S/4C7HF5O2.2Rh/c4*8-2-1(7(13)14)3(9)5(11)6(12)4(2)10;;/h4*(H,13,14);;/q;;;;2*+2/p-4. The first-order valence-corrected chi connectivity index (χ1v) is 12.4. The maximum absolute atomic E-state index is 12.5. The third kappa shape index (κ3) is 11.0. The Labute approximate surface area is 328 Å². The summed E-state index contributed by atoms with van der Waals surface area (Å²) in [5.74, 6) is -57.4. The summed E-state index contributed by atoms with van der Waals surface area (Å²) in [6, 6.07) is 0. The van der Waals surface area contributed by atoms with E-state index in [4.69, 9.17) is 0 Å². The van der Waals surface area contributed by atoms with E-state index in [1.807, 2.05) is 0 Å². The van der Waals surface area contributed by atoms with E-state index < -0.39 is 162 Å². The van der Waals surface area contributed by atoms with E-state index in [1.54, 1.807) is 0 Å². The first kappa shape index (κ1) is 54.7. The normalized spacial score (nSPS) is 10.0. The van der Waals surface area contributed by atoms with Crippen LogP contribution < -0.4 is 20.4 Å². The van der Waals surface area contributed by atoms with E-state index in [0.29, 0.717) is 0 Å². The summed E-state index contributed by atoms with van der Waals surface area (Å²) in [5, 5.41) is 40.0. The van der Waals surface area contributed by atoms with Gasteiger partial charge in [0.2, 0.25) is 23.3 Å². The maximum Gasteiger partial charge on any atom is 2.00 e. The number of rotatable bonds is 4. The predicted molar refractivity (Wildman–Crippen MR) is 122 cm³/mol. The molecule has 0 aliphatic heterocycles. The molecule has 4 aromatic carbocycles. The van der Waals surface area contributed by atoms with Gasteiger partial charge in [-0.15, -0.1) is 0 Å². The SMILES string of the molecule is O=C([O-])c1c(F)c(F)c(F)c(F)c1F.O=C([O-])c1c(F)c(F)c(F)c(F)c1F.O=C([O-])c1c(F)c(F)c(F)c(F)c1F.O=C([O-])c1c(F)c(F)c(F)c(F)c1F.[Rh+2].[Rh+2]. The maximum atomic E-state index is 12.5. The van der Waals surface area contributed by atoms with Crippen molar-refractivity contribution in [2.45, 2.75) is 0 Å². The number of halogens is 20. The van der Waals surface area contributed by atoms with E-state index in [2.05, 4.69) is 0 Å². The Bertz CT molecular complexity index is 1870. The molecule has 0 aliphatic carbocycles. The number of hydrogen-bond donors (Lipinski definition) is 0. The van der Waals surface area contributed by atoms with Crippen molar-refractivity contribution in [1.82, 2.24) is 0 Å². The van der Waals surface area contributed by atoms with Crippen molar-refractivity contribution in [3.05, 3.63) is 139 Å². The topological polar surface area (TPSA) is 161 Å². The molecule has 4 aromatic rings. The van der Waals surface area contributed by atoms with Crippen molar-refractivity contribution in [2.24, 2.45) is 0 Å². The Kier molecular flexibility index (Phi) is 20.2. The summed E-state index contributed by atoms with van der Waals surface area (Å²) < 4.78 is 248. The quantitative estimate of drug-likeness (QED) is 0.131. The Morgan fingerprint density at radius 2 is 0.276 bits per heavy atom. The van der Waals surface area contributed by atoms with Crippen LogP contribution in [0.5, 0.6) is 0 Å². The molecule has 0 spiro atoms. The second-order valence-corrected chi connectivity index (χ2v) is 8.93. The Morgan fingerprint density at radius 3 is 0.345 bits per heavy atom. The molecule has 0 aliphatic rings. The molecule has 0 saturated heterocycles. The van der Waals surface area contributed by atoms with Crippen LogP contribution in [0.1, 0.15) is 41.4 Å². The van der Waals surface area contributed by atoms with Gasteiger partial charge in [0.05, 0.1) is 46.1 Å². The number of carboxylic acids is 4. The number of aromatic carboxylic acids is 4. The molecule has 30 heteroatoms. The van der Waals surface area contributed by atoms with Gasteiger partial charge in [-0.25, -0.2) is 87.8 Å². The summed E-state index contributed by atoms with van der Waals surface area (Å²) in [5.41, 5.74) is -7.88. The Hall–Kier alpha value is -5.39. The Balaban J connectivity index is 0. The summed E-state index contributed by atoms with van der Waals surface area (Å²) in [6.07, 6.45) is 0. The van der Waals surface area contributed by atoms with Gasteiger partial charge < -0.3 is 39.6 Å². The zero-order chi connectivity index (χ0) is 44.2. The fourth-order valence-electron chi connectivity index (χ4n) is 3.14. The van der Waals surface area contributed by atoms with Crippen molar-refractivity contribution < 1.29 is 166 Å². The molecule has 0 aromatic heterocycles. The molecule has 318 valence electrons. The number of carboxylic acid groups (broad SMARTS) is 4. The molecule has 2 radical (unpaired) electrons. The second-order valence-electron chi connectivity index (χ2n) is 8.93. The van der Waals surface area contributed by atoms with Gasteiger partial charge in [0.15, 0.2) is 93.1 Å². The van der Waals surface area contributed by atoms with E-state index in [-0.39, 0.29) is 39.0 Å². The average Bonchev–Trinajstić information content (AvgIpc) is 3.11. The van der Waals surface area contributed by atoms with E-state index in [9.17, 15) is 127 Å². The van der Waals surface area contributed by atoms with Crippen LogP contribution in [0.25, 0.3) is 0 Å². The summed E-state index contributed by atoms with van der Waals surface area (Å²) >= 11 is 0. The molecular weight excluding hydrogens is 1050 g/mol. The molecule has 0 bridgehead atoms. The fraction of sp³-hybridized carbons (Fsp3) is 0. The first-order chi connectivity index (χ1) is 25.5. The number of carbonyl (C=O) groups is 4. The molecular formula is C28F20O8Rh2. The molecule has 0 saturated carbocycles.